The van der Waals surface area contributed by atoms with Gasteiger partial charge in [-0.2, -0.15) is 0 Å². The van der Waals surface area contributed by atoms with Crippen molar-refractivity contribution in [1.29, 1.82) is 0 Å². The van der Waals surface area contributed by atoms with Crippen LogP contribution >= 0.6 is 0 Å². The van der Waals surface area contributed by atoms with Crippen molar-refractivity contribution in [1.82, 2.24) is 36.8 Å². The molecule has 9 atom stereocenters. The summed E-state index contributed by atoms with van der Waals surface area (Å²) in [6.07, 6.45) is -1.17. The number of aliphatic hydroxyl groups is 2. The summed E-state index contributed by atoms with van der Waals surface area (Å²) in [5, 5.41) is 51.0. The van der Waals surface area contributed by atoms with E-state index in [0.29, 0.717) is 12.8 Å². The highest BCUT2D eigenvalue weighted by molar-refractivity contribution is 5.97. The van der Waals surface area contributed by atoms with Gasteiger partial charge in [0.25, 0.3) is 0 Å². The number of rotatable bonds is 20. The highest BCUT2D eigenvalue weighted by atomic mass is 16.4. The first-order valence-corrected chi connectivity index (χ1v) is 16.3. The molecule has 0 aliphatic carbocycles. The van der Waals surface area contributed by atoms with Crippen molar-refractivity contribution in [2.45, 2.75) is 109 Å². The molecule has 0 spiro atoms. The lowest BCUT2D eigenvalue weighted by Crippen LogP contribution is -2.60. The van der Waals surface area contributed by atoms with Crippen molar-refractivity contribution in [2.24, 2.45) is 11.7 Å². The molecule has 21 heteroatoms. The van der Waals surface area contributed by atoms with Crippen molar-refractivity contribution in [3.05, 3.63) is 0 Å². The first-order chi connectivity index (χ1) is 23.7. The van der Waals surface area contributed by atoms with E-state index in [-0.39, 0.29) is 18.9 Å². The lowest BCUT2D eigenvalue weighted by atomic mass is 9.99. The summed E-state index contributed by atoms with van der Waals surface area (Å²) in [6.45, 7) is 5.78. The maximum Gasteiger partial charge on any atom is 0.328 e. The van der Waals surface area contributed by atoms with Crippen LogP contribution in [0.1, 0.15) is 60.3 Å². The molecule has 21 nitrogen and oxygen atoms in total. The highest BCUT2D eigenvalue weighted by Crippen LogP contribution is 2.19. The van der Waals surface area contributed by atoms with Gasteiger partial charge in [0.2, 0.25) is 41.4 Å². The number of aliphatic carboxylic acids is 2. The first-order valence-electron chi connectivity index (χ1n) is 16.3. The van der Waals surface area contributed by atoms with Gasteiger partial charge in [-0.3, -0.25) is 38.4 Å². The number of nitrogens with two attached hydrogens (primary N) is 1. The molecule has 0 saturated carbocycles. The van der Waals surface area contributed by atoms with Crippen LogP contribution in [0.5, 0.6) is 0 Å². The molecule has 1 saturated heterocycles. The predicted molar refractivity (Wildman–Crippen MR) is 175 cm³/mol. The van der Waals surface area contributed by atoms with Crippen LogP contribution in [0.15, 0.2) is 0 Å². The van der Waals surface area contributed by atoms with E-state index in [1.807, 2.05) is 5.32 Å². The van der Waals surface area contributed by atoms with Gasteiger partial charge in [-0.05, 0) is 39.5 Å². The Morgan fingerprint density at radius 3 is 1.94 bits per heavy atom. The number of amides is 7. The summed E-state index contributed by atoms with van der Waals surface area (Å²) in [5.41, 5.74) is 5.86. The van der Waals surface area contributed by atoms with E-state index in [0.717, 1.165) is 4.90 Å². The second kappa shape index (κ2) is 20.7. The zero-order valence-corrected chi connectivity index (χ0v) is 29.1. The fraction of sp³-hybridized carbons (Fsp3) is 0.700. The van der Waals surface area contributed by atoms with Gasteiger partial charge in [0.15, 0.2) is 0 Å². The second-order valence-electron chi connectivity index (χ2n) is 12.3. The van der Waals surface area contributed by atoms with Crippen LogP contribution in [0.4, 0.5) is 0 Å². The lowest BCUT2D eigenvalue weighted by Gasteiger charge is -2.29. The largest absolute Gasteiger partial charge is 0.481 e. The molecule has 0 aromatic carbocycles. The number of carboxylic acid groups (broad SMARTS) is 2. The number of aliphatic hydroxyl groups excluding tert-OH is 2. The van der Waals surface area contributed by atoms with E-state index in [1.165, 1.54) is 20.8 Å². The van der Waals surface area contributed by atoms with E-state index in [2.05, 4.69) is 26.6 Å². The molecule has 0 aromatic heterocycles. The molecule has 51 heavy (non-hydrogen) atoms. The van der Waals surface area contributed by atoms with Crippen LogP contribution in [0, 0.1) is 5.92 Å². The number of nitrogens with zero attached hydrogens (tertiary/aromatic N) is 1. The van der Waals surface area contributed by atoms with Crippen LogP contribution < -0.4 is 37.6 Å². The quantitative estimate of drug-likeness (QED) is 0.0558. The number of carboxylic acids is 2. The second-order valence-corrected chi connectivity index (χ2v) is 12.3. The number of carbonyl (C=O) groups excluding carboxylic acids is 7. The minimum absolute atomic E-state index is 0.106. The molecule has 1 fully saturated rings. The molecule has 1 heterocycles. The average molecular weight is 731 g/mol. The van der Waals surface area contributed by atoms with Gasteiger partial charge in [-0.1, -0.05) is 20.3 Å². The number of likely N-dealkylation sites (tertiary alicyclic amines) is 1. The van der Waals surface area contributed by atoms with Crippen molar-refractivity contribution in [3.63, 3.8) is 0 Å². The fourth-order valence-corrected chi connectivity index (χ4v) is 4.87. The normalized spacial score (nSPS) is 18.7. The Morgan fingerprint density at radius 2 is 1.41 bits per heavy atom. The third-order valence-electron chi connectivity index (χ3n) is 8.19. The minimum atomic E-state index is -1.69. The Labute approximate surface area is 293 Å². The van der Waals surface area contributed by atoms with Crippen LogP contribution in [0.2, 0.25) is 0 Å². The van der Waals surface area contributed by atoms with Crippen LogP contribution in [0.3, 0.4) is 0 Å². The molecular formula is C30H50N8O13. The molecule has 0 bridgehead atoms. The van der Waals surface area contributed by atoms with Crippen molar-refractivity contribution in [2.75, 3.05) is 19.7 Å². The molecule has 1 aliphatic rings. The summed E-state index contributed by atoms with van der Waals surface area (Å²) < 4.78 is 0. The number of carbonyl (C=O) groups is 9. The smallest absolute Gasteiger partial charge is 0.328 e. The molecule has 7 amide bonds. The monoisotopic (exact) mass is 730 g/mol. The third kappa shape index (κ3) is 13.7. The lowest BCUT2D eigenvalue weighted by molar-refractivity contribution is -0.145. The molecule has 0 aromatic rings. The average Bonchev–Trinajstić information content (AvgIpc) is 3.56. The van der Waals surface area contributed by atoms with Gasteiger partial charge in [-0.15, -0.1) is 0 Å². The molecular weight excluding hydrogens is 680 g/mol. The molecule has 1 aliphatic heterocycles. The van der Waals surface area contributed by atoms with Crippen molar-refractivity contribution in [3.8, 4) is 0 Å². The zero-order valence-electron chi connectivity index (χ0n) is 29.1. The van der Waals surface area contributed by atoms with E-state index in [4.69, 9.17) is 15.9 Å². The molecule has 288 valence electrons. The van der Waals surface area contributed by atoms with E-state index in [1.54, 1.807) is 13.8 Å². The van der Waals surface area contributed by atoms with Crippen LogP contribution in [0.25, 0.3) is 0 Å². The first kappa shape index (κ1) is 44.1. The summed E-state index contributed by atoms with van der Waals surface area (Å²) in [5.74, 6) is -9.19. The number of hydrogen-bond donors (Lipinski definition) is 11. The molecule has 12 N–H and O–H groups in total. The predicted octanol–water partition coefficient (Wildman–Crippen LogP) is -5.14. The molecule has 1 rings (SSSR count). The Balaban J connectivity index is 2.76. The number of nitrogens with one attached hydrogen (secondary N) is 6. The van der Waals surface area contributed by atoms with Gasteiger partial charge < -0.3 is 63.0 Å². The van der Waals surface area contributed by atoms with E-state index in [9.17, 15) is 53.4 Å². The number of hydrogen-bond acceptors (Lipinski definition) is 12. The van der Waals surface area contributed by atoms with Gasteiger partial charge >= 0.3 is 11.9 Å². The van der Waals surface area contributed by atoms with Crippen molar-refractivity contribution < 1.29 is 63.6 Å². The van der Waals surface area contributed by atoms with Crippen molar-refractivity contribution >= 4 is 53.3 Å². The van der Waals surface area contributed by atoms with E-state index < -0.39 is 121 Å². The topological polar surface area (TPSA) is 336 Å². The van der Waals surface area contributed by atoms with Crippen LogP contribution in [-0.4, -0.2) is 147 Å². The Kier molecular flexibility index (Phi) is 17.9. The highest BCUT2D eigenvalue weighted by Gasteiger charge is 2.39. The summed E-state index contributed by atoms with van der Waals surface area (Å²) in [7, 11) is 0. The summed E-state index contributed by atoms with van der Waals surface area (Å²) in [4.78, 5) is 113. The minimum Gasteiger partial charge on any atom is -0.481 e. The summed E-state index contributed by atoms with van der Waals surface area (Å²) in [6, 6.07) is -9.44. The standard InChI is InChI=1S/C30H50N8O13/c1-6-13(2)22(31)27(47)35-17(10-21(42)43)25(45)34-14(3)24(44)32-11-20(41)33-15(4)29(49)38-9-7-8-19(38)26(46)37-23(16(5)40)28(48)36-18(12-39)30(50)51/h13-19,22-23,39-40H,6-12,31H2,1-5H3,(H,32,44)(H,33,41)(H,34,45)(H,35,47)(H,36,48)(H,37,46)(H,42,43)(H,50,51)/t13-,14-,15-,16+,17-,18-,19-,22-,23-/m0/s1. The SMILES string of the molecule is CC[C@H](C)[C@H](N)C(=O)N[C@@H](CC(=O)O)C(=O)N[C@@H](C)C(=O)NCC(=O)N[C@@H](C)C(=O)N1CCC[C@H]1C(=O)N[C@H](C(=O)N[C@@H](CO)C(=O)O)[C@@H](C)O. The Bertz CT molecular complexity index is 1310. The maximum absolute atomic E-state index is 13.2. The molecule has 0 unspecified atom stereocenters. The van der Waals surface area contributed by atoms with Gasteiger partial charge in [0, 0.05) is 6.54 Å². The van der Waals surface area contributed by atoms with Crippen LogP contribution in [-0.2, 0) is 43.2 Å². The Morgan fingerprint density at radius 1 is 0.804 bits per heavy atom. The zero-order chi connectivity index (χ0) is 39.2. The van der Waals surface area contributed by atoms with E-state index >= 15 is 0 Å². The maximum atomic E-state index is 13.2. The molecule has 0 radical (unpaired) electrons. The third-order valence-corrected chi connectivity index (χ3v) is 8.19. The fourth-order valence-electron chi connectivity index (χ4n) is 4.87. The van der Waals surface area contributed by atoms with Gasteiger partial charge in [0.05, 0.1) is 31.7 Å². The van der Waals surface area contributed by atoms with Gasteiger partial charge in [0.1, 0.15) is 36.3 Å². The summed E-state index contributed by atoms with van der Waals surface area (Å²) >= 11 is 0. The van der Waals surface area contributed by atoms with Gasteiger partial charge in [-0.25, -0.2) is 4.79 Å². The Hall–Kier alpha value is -4.89.